The van der Waals surface area contributed by atoms with Gasteiger partial charge in [-0.05, 0) is 51.1 Å². The molecule has 1 atom stereocenters. The quantitative estimate of drug-likeness (QED) is 0.700. The molecule has 6 nitrogen and oxygen atoms in total. The number of sulfonamides is 1. The van der Waals surface area contributed by atoms with E-state index in [4.69, 9.17) is 5.73 Å². The predicted octanol–water partition coefficient (Wildman–Crippen LogP) is 1.05. The van der Waals surface area contributed by atoms with Crippen LogP contribution < -0.4 is 15.8 Å². The lowest BCUT2D eigenvalue weighted by Gasteiger charge is -2.07. The van der Waals surface area contributed by atoms with Crippen LogP contribution in [-0.4, -0.2) is 27.4 Å². The summed E-state index contributed by atoms with van der Waals surface area (Å²) in [4.78, 5) is 11.8. The summed E-state index contributed by atoms with van der Waals surface area (Å²) in [6, 6.07) is 6.11. The molecule has 112 valence electrons. The van der Waals surface area contributed by atoms with Crippen LogP contribution in [0.25, 0.3) is 0 Å². The fraction of sp³-hybridized carbons (Fsp3) is 0.462. The maximum atomic E-state index is 11.6. The highest BCUT2D eigenvalue weighted by molar-refractivity contribution is 7.89. The van der Waals surface area contributed by atoms with E-state index in [1.54, 1.807) is 12.1 Å². The Morgan fingerprint density at radius 3 is 2.40 bits per heavy atom. The van der Waals surface area contributed by atoms with Gasteiger partial charge in [0.1, 0.15) is 0 Å². The topological polar surface area (TPSA) is 101 Å². The maximum Gasteiger partial charge on any atom is 0.240 e. The van der Waals surface area contributed by atoms with Crippen LogP contribution in [0.3, 0.4) is 0 Å². The zero-order valence-electron chi connectivity index (χ0n) is 11.7. The number of carbonyl (C=O) groups excluding carboxylic acids is 1. The molecule has 0 heterocycles. The number of hydrogen-bond acceptors (Lipinski definition) is 4. The zero-order valence-corrected chi connectivity index (χ0v) is 12.5. The largest absolute Gasteiger partial charge is 0.328 e. The molecule has 20 heavy (non-hydrogen) atoms. The van der Waals surface area contributed by atoms with E-state index in [0.29, 0.717) is 12.1 Å². The number of anilines is 1. The molecular weight excluding hydrogens is 278 g/mol. The van der Waals surface area contributed by atoms with E-state index >= 15 is 0 Å². The van der Waals surface area contributed by atoms with Crippen molar-refractivity contribution in [2.75, 3.05) is 12.4 Å². The van der Waals surface area contributed by atoms with Crippen molar-refractivity contribution >= 4 is 21.6 Å². The number of rotatable bonds is 7. The zero-order chi connectivity index (χ0) is 15.2. The van der Waals surface area contributed by atoms with E-state index in [2.05, 4.69) is 10.0 Å². The summed E-state index contributed by atoms with van der Waals surface area (Å²) >= 11 is 0. The van der Waals surface area contributed by atoms with E-state index in [9.17, 15) is 13.2 Å². The van der Waals surface area contributed by atoms with Crippen LogP contribution in [-0.2, 0) is 14.8 Å². The van der Waals surface area contributed by atoms with E-state index in [1.807, 2.05) is 6.92 Å². The number of amides is 1. The molecule has 0 radical (unpaired) electrons. The molecule has 0 aliphatic heterocycles. The lowest BCUT2D eigenvalue weighted by atomic mass is 10.1. The molecule has 0 spiro atoms. The summed E-state index contributed by atoms with van der Waals surface area (Å²) in [5.41, 5.74) is 6.18. The maximum absolute atomic E-state index is 11.6. The fourth-order valence-electron chi connectivity index (χ4n) is 1.64. The van der Waals surface area contributed by atoms with Crippen LogP contribution in [0, 0.1) is 0 Å². The van der Waals surface area contributed by atoms with Crippen LogP contribution in [0.5, 0.6) is 0 Å². The van der Waals surface area contributed by atoms with Gasteiger partial charge in [0.15, 0.2) is 0 Å². The normalized spacial score (nSPS) is 12.9. The van der Waals surface area contributed by atoms with Gasteiger partial charge in [-0.3, -0.25) is 4.79 Å². The summed E-state index contributed by atoms with van der Waals surface area (Å²) in [5.74, 6) is -0.102. The van der Waals surface area contributed by atoms with Crippen LogP contribution >= 0.6 is 0 Å². The first kappa shape index (κ1) is 16.6. The Bertz CT molecular complexity index is 538. The van der Waals surface area contributed by atoms with Gasteiger partial charge in [-0.2, -0.15) is 0 Å². The molecule has 1 amide bonds. The van der Waals surface area contributed by atoms with Gasteiger partial charge in [0.2, 0.25) is 15.9 Å². The molecule has 7 heteroatoms. The molecule has 0 aliphatic carbocycles. The predicted molar refractivity (Wildman–Crippen MR) is 78.8 cm³/mol. The Morgan fingerprint density at radius 1 is 1.30 bits per heavy atom. The first-order chi connectivity index (χ1) is 9.35. The van der Waals surface area contributed by atoms with Crippen LogP contribution in [0.2, 0.25) is 0 Å². The average Bonchev–Trinajstić information content (AvgIpc) is 2.39. The number of carbonyl (C=O) groups is 1. The Labute approximate surface area is 119 Å². The molecule has 1 unspecified atom stereocenters. The molecule has 0 aliphatic rings. The summed E-state index contributed by atoms with van der Waals surface area (Å²) in [6.07, 6.45) is 1.93. The van der Waals surface area contributed by atoms with Gasteiger partial charge in [-0.15, -0.1) is 0 Å². The van der Waals surface area contributed by atoms with Crippen LogP contribution in [0.4, 0.5) is 5.69 Å². The van der Waals surface area contributed by atoms with Crippen molar-refractivity contribution in [1.29, 1.82) is 0 Å². The molecule has 0 bridgehead atoms. The molecule has 4 N–H and O–H groups in total. The third-order valence-electron chi connectivity index (χ3n) is 2.78. The smallest absolute Gasteiger partial charge is 0.240 e. The van der Waals surface area contributed by atoms with E-state index < -0.39 is 10.0 Å². The molecule has 1 aromatic rings. The van der Waals surface area contributed by atoms with Crippen LogP contribution in [0.1, 0.15) is 26.2 Å². The molecule has 0 fully saturated rings. The Balaban J connectivity index is 2.56. The van der Waals surface area contributed by atoms with Gasteiger partial charge in [-0.1, -0.05) is 0 Å². The van der Waals surface area contributed by atoms with Crippen molar-refractivity contribution in [3.8, 4) is 0 Å². The first-order valence-electron chi connectivity index (χ1n) is 6.44. The summed E-state index contributed by atoms with van der Waals surface area (Å²) in [5, 5.41) is 2.72. The third-order valence-corrected chi connectivity index (χ3v) is 4.21. The molecule has 0 saturated carbocycles. The average molecular weight is 299 g/mol. The first-order valence-corrected chi connectivity index (χ1v) is 7.92. The molecular formula is C13H21N3O3S. The van der Waals surface area contributed by atoms with Crippen molar-refractivity contribution < 1.29 is 13.2 Å². The highest BCUT2D eigenvalue weighted by Gasteiger charge is 2.11. The summed E-state index contributed by atoms with van der Waals surface area (Å²) in [6.45, 7) is 1.90. The van der Waals surface area contributed by atoms with Crippen molar-refractivity contribution in [3.05, 3.63) is 24.3 Å². The van der Waals surface area contributed by atoms with Gasteiger partial charge in [0.05, 0.1) is 4.90 Å². The minimum absolute atomic E-state index is 0.0915. The minimum Gasteiger partial charge on any atom is -0.328 e. The van der Waals surface area contributed by atoms with Gasteiger partial charge in [0.25, 0.3) is 0 Å². The lowest BCUT2D eigenvalue weighted by Crippen LogP contribution is -2.18. The van der Waals surface area contributed by atoms with Crippen molar-refractivity contribution in [3.63, 3.8) is 0 Å². The minimum atomic E-state index is -3.44. The number of nitrogens with two attached hydrogens (primary N) is 1. The van der Waals surface area contributed by atoms with Crippen molar-refractivity contribution in [2.45, 2.75) is 37.1 Å². The third kappa shape index (κ3) is 5.28. The van der Waals surface area contributed by atoms with Crippen LogP contribution in [0.15, 0.2) is 29.2 Å². The summed E-state index contributed by atoms with van der Waals surface area (Å²) < 4.78 is 25.3. The number of nitrogens with one attached hydrogen (secondary N) is 2. The second-order valence-corrected chi connectivity index (χ2v) is 6.54. The fourth-order valence-corrected chi connectivity index (χ4v) is 2.37. The second-order valence-electron chi connectivity index (χ2n) is 4.65. The monoisotopic (exact) mass is 299 g/mol. The molecule has 0 saturated heterocycles. The SMILES string of the molecule is CNS(=O)(=O)c1ccc(NC(=O)CCCC(C)N)cc1. The molecule has 1 rings (SSSR count). The Kier molecular flexibility index (Phi) is 6.12. The summed E-state index contributed by atoms with van der Waals surface area (Å²) in [7, 11) is -2.09. The standard InChI is InChI=1S/C13H21N3O3S/c1-10(14)4-3-5-13(17)16-11-6-8-12(9-7-11)20(18,19)15-2/h6-10,15H,3-5,14H2,1-2H3,(H,16,17). The second kappa shape index (κ2) is 7.37. The highest BCUT2D eigenvalue weighted by atomic mass is 32.2. The van der Waals surface area contributed by atoms with E-state index in [0.717, 1.165) is 12.8 Å². The van der Waals surface area contributed by atoms with E-state index in [-0.39, 0.29) is 16.8 Å². The van der Waals surface area contributed by atoms with Gasteiger partial charge in [0, 0.05) is 18.2 Å². The lowest BCUT2D eigenvalue weighted by molar-refractivity contribution is -0.116. The Hall–Kier alpha value is -1.44. The molecule has 0 aromatic heterocycles. The highest BCUT2D eigenvalue weighted by Crippen LogP contribution is 2.14. The van der Waals surface area contributed by atoms with Crippen molar-refractivity contribution in [2.24, 2.45) is 5.73 Å². The Morgan fingerprint density at radius 2 is 1.90 bits per heavy atom. The number of hydrogen-bond donors (Lipinski definition) is 3. The van der Waals surface area contributed by atoms with Crippen molar-refractivity contribution in [1.82, 2.24) is 4.72 Å². The van der Waals surface area contributed by atoms with Gasteiger partial charge >= 0.3 is 0 Å². The number of benzene rings is 1. The molecule has 1 aromatic carbocycles. The van der Waals surface area contributed by atoms with E-state index in [1.165, 1.54) is 19.2 Å². The van der Waals surface area contributed by atoms with Gasteiger partial charge in [-0.25, -0.2) is 13.1 Å². The van der Waals surface area contributed by atoms with Gasteiger partial charge < -0.3 is 11.1 Å².